The van der Waals surface area contributed by atoms with E-state index >= 15 is 0 Å². The number of nitrogens with one attached hydrogen (secondary N) is 1. The Morgan fingerprint density at radius 3 is 2.28 bits per heavy atom. The summed E-state index contributed by atoms with van der Waals surface area (Å²) in [6.07, 6.45) is 3.65. The predicted molar refractivity (Wildman–Crippen MR) is 173 cm³/mol. The molecule has 1 N–H and O–H groups in total. The van der Waals surface area contributed by atoms with Gasteiger partial charge in [0.25, 0.3) is 0 Å². The van der Waals surface area contributed by atoms with E-state index in [2.05, 4.69) is 12.2 Å². The number of nitrogens with zero attached hydrogens (tertiary/aromatic N) is 2. The first-order chi connectivity index (χ1) is 20.6. The Bertz CT molecular complexity index is 1430. The fraction of sp³-hybridized carbons (Fsp3) is 0.412. The van der Waals surface area contributed by atoms with Gasteiger partial charge in [-0.3, -0.25) is 13.9 Å². The molecule has 43 heavy (non-hydrogen) atoms. The number of rotatable bonds is 17. The largest absolute Gasteiger partial charge is 0.492 e. The molecule has 0 unspecified atom stereocenters. The molecule has 0 aliphatic heterocycles. The fourth-order valence-electron chi connectivity index (χ4n) is 4.99. The number of hydrogen-bond donors (Lipinski definition) is 1. The molecule has 0 saturated heterocycles. The third-order valence-electron chi connectivity index (χ3n) is 7.12. The van der Waals surface area contributed by atoms with Crippen LogP contribution in [0.4, 0.5) is 5.69 Å². The number of aryl methyl sites for hydroxylation is 1. The zero-order valence-electron chi connectivity index (χ0n) is 25.8. The van der Waals surface area contributed by atoms with Gasteiger partial charge in [0.1, 0.15) is 11.8 Å². The van der Waals surface area contributed by atoms with Crippen LogP contribution in [0.15, 0.2) is 78.9 Å². The molecular weight excluding hydrogens is 562 g/mol. The summed E-state index contributed by atoms with van der Waals surface area (Å²) < 4.78 is 32.6. The first-order valence-electron chi connectivity index (χ1n) is 15.0. The highest BCUT2D eigenvalue weighted by molar-refractivity contribution is 7.92. The van der Waals surface area contributed by atoms with Crippen LogP contribution in [0, 0.1) is 6.92 Å². The monoisotopic (exact) mass is 607 g/mol. The molecular formula is C34H45N3O5S. The Morgan fingerprint density at radius 2 is 1.60 bits per heavy atom. The lowest BCUT2D eigenvalue weighted by Crippen LogP contribution is -2.50. The van der Waals surface area contributed by atoms with Crippen molar-refractivity contribution in [3.8, 4) is 5.75 Å². The molecule has 0 aliphatic carbocycles. The van der Waals surface area contributed by atoms with Crippen molar-refractivity contribution in [1.82, 2.24) is 10.2 Å². The quantitative estimate of drug-likeness (QED) is 0.205. The number of para-hydroxylation sites is 2. The lowest BCUT2D eigenvalue weighted by Gasteiger charge is -2.32. The van der Waals surface area contributed by atoms with Gasteiger partial charge in [-0.1, -0.05) is 85.6 Å². The number of sulfonamides is 1. The van der Waals surface area contributed by atoms with Crippen molar-refractivity contribution in [2.75, 3.05) is 30.3 Å². The number of anilines is 1. The van der Waals surface area contributed by atoms with E-state index < -0.39 is 16.1 Å². The molecule has 0 bridgehead atoms. The number of hydrogen-bond acceptors (Lipinski definition) is 5. The van der Waals surface area contributed by atoms with Crippen molar-refractivity contribution < 1.29 is 22.7 Å². The number of unbranched alkanes of at least 4 members (excludes halogenated alkanes) is 1. The number of benzene rings is 3. The molecule has 232 valence electrons. The maximum Gasteiger partial charge on any atom is 0.243 e. The number of carbonyl (C=O) groups is 2. The first-order valence-corrected chi connectivity index (χ1v) is 16.8. The van der Waals surface area contributed by atoms with Crippen LogP contribution >= 0.6 is 0 Å². The highest BCUT2D eigenvalue weighted by Crippen LogP contribution is 2.30. The van der Waals surface area contributed by atoms with Crippen LogP contribution in [0.3, 0.4) is 0 Å². The minimum Gasteiger partial charge on any atom is -0.492 e. The Balaban J connectivity index is 1.89. The highest BCUT2D eigenvalue weighted by Gasteiger charge is 2.30. The Kier molecular flexibility index (Phi) is 13.1. The van der Waals surface area contributed by atoms with Crippen LogP contribution in [-0.4, -0.2) is 57.1 Å². The van der Waals surface area contributed by atoms with Gasteiger partial charge in [-0.25, -0.2) is 8.42 Å². The van der Waals surface area contributed by atoms with Gasteiger partial charge in [-0.15, -0.1) is 0 Å². The van der Waals surface area contributed by atoms with Crippen LogP contribution in [0.25, 0.3) is 0 Å². The smallest absolute Gasteiger partial charge is 0.243 e. The molecule has 3 aromatic carbocycles. The van der Waals surface area contributed by atoms with E-state index in [1.54, 1.807) is 29.2 Å². The lowest BCUT2D eigenvalue weighted by atomic mass is 10.0. The first kappa shape index (κ1) is 33.6. The van der Waals surface area contributed by atoms with Crippen molar-refractivity contribution in [3.05, 3.63) is 95.6 Å². The van der Waals surface area contributed by atoms with E-state index in [0.717, 1.165) is 35.8 Å². The fourth-order valence-corrected chi connectivity index (χ4v) is 5.96. The average molecular weight is 608 g/mol. The molecule has 3 rings (SSSR count). The average Bonchev–Trinajstić information content (AvgIpc) is 2.97. The van der Waals surface area contributed by atoms with E-state index in [1.807, 2.05) is 68.4 Å². The molecule has 0 fully saturated rings. The van der Waals surface area contributed by atoms with Gasteiger partial charge < -0.3 is 15.0 Å². The van der Waals surface area contributed by atoms with Crippen LogP contribution in [0.2, 0.25) is 0 Å². The number of ether oxygens (including phenoxy) is 1. The summed E-state index contributed by atoms with van der Waals surface area (Å²) in [6.45, 7) is 7.19. The summed E-state index contributed by atoms with van der Waals surface area (Å²) in [7, 11) is -3.65. The molecule has 9 heteroatoms. The van der Waals surface area contributed by atoms with E-state index in [9.17, 15) is 18.0 Å². The van der Waals surface area contributed by atoms with Crippen LogP contribution in [0.5, 0.6) is 5.75 Å². The van der Waals surface area contributed by atoms with Crippen molar-refractivity contribution >= 4 is 27.5 Å². The highest BCUT2D eigenvalue weighted by atomic mass is 32.2. The molecule has 0 spiro atoms. The second kappa shape index (κ2) is 16.7. The molecule has 0 aromatic heterocycles. The number of carbonyl (C=O) groups excluding carboxylic acids is 2. The predicted octanol–water partition coefficient (Wildman–Crippen LogP) is 5.50. The third kappa shape index (κ3) is 10.4. The summed E-state index contributed by atoms with van der Waals surface area (Å²) in [4.78, 5) is 29.3. The SMILES string of the molecule is CCCCNC(=O)[C@@H](Cc1ccccc1)N(Cc1cccc(C)c1)C(=O)CCCN(c1ccccc1OCC)S(C)(=O)=O. The molecule has 0 aliphatic rings. The Morgan fingerprint density at radius 1 is 0.907 bits per heavy atom. The molecule has 8 nitrogen and oxygen atoms in total. The van der Waals surface area contributed by atoms with Gasteiger partial charge in [-0.05, 0) is 49.9 Å². The van der Waals surface area contributed by atoms with E-state index in [4.69, 9.17) is 4.74 Å². The molecule has 0 heterocycles. The molecule has 0 radical (unpaired) electrons. The zero-order valence-corrected chi connectivity index (χ0v) is 26.6. The maximum atomic E-state index is 14.0. The van der Waals surface area contributed by atoms with Gasteiger partial charge in [0.15, 0.2) is 0 Å². The number of amides is 2. The summed E-state index contributed by atoms with van der Waals surface area (Å²) in [5, 5.41) is 3.04. The van der Waals surface area contributed by atoms with E-state index in [1.165, 1.54) is 4.31 Å². The molecule has 0 saturated carbocycles. The lowest BCUT2D eigenvalue weighted by molar-refractivity contribution is -0.141. The second-order valence-electron chi connectivity index (χ2n) is 10.7. The van der Waals surface area contributed by atoms with Crippen molar-refractivity contribution in [1.29, 1.82) is 0 Å². The summed E-state index contributed by atoms with van der Waals surface area (Å²) >= 11 is 0. The van der Waals surface area contributed by atoms with Crippen molar-refractivity contribution in [2.24, 2.45) is 0 Å². The maximum absolute atomic E-state index is 14.0. The molecule has 3 aromatic rings. The van der Waals surface area contributed by atoms with E-state index in [-0.39, 0.29) is 37.7 Å². The van der Waals surface area contributed by atoms with Crippen molar-refractivity contribution in [3.63, 3.8) is 0 Å². The van der Waals surface area contributed by atoms with Crippen LogP contribution in [-0.2, 0) is 32.6 Å². The standard InChI is InChI=1S/C34H45N3O5S/c1-5-7-22-35-34(39)31(25-28-16-9-8-10-17-28)36(26-29-18-13-15-27(3)24-29)33(38)21-14-23-37(43(4,40)41)30-19-11-12-20-32(30)42-6-2/h8-13,15-20,24,31H,5-7,14,21-23,25-26H2,1-4H3,(H,35,39)/t31-/m1/s1. The van der Waals surface area contributed by atoms with Gasteiger partial charge >= 0.3 is 0 Å². The second-order valence-corrected chi connectivity index (χ2v) is 12.6. The summed E-state index contributed by atoms with van der Waals surface area (Å²) in [5.74, 6) is 0.0656. The topological polar surface area (TPSA) is 96.0 Å². The van der Waals surface area contributed by atoms with Crippen molar-refractivity contribution in [2.45, 2.75) is 65.5 Å². The van der Waals surface area contributed by atoms with E-state index in [0.29, 0.717) is 31.0 Å². The third-order valence-corrected chi connectivity index (χ3v) is 8.30. The van der Waals surface area contributed by atoms with Gasteiger partial charge in [-0.2, -0.15) is 0 Å². The van der Waals surface area contributed by atoms with Crippen LogP contribution in [0.1, 0.15) is 56.2 Å². The Hall–Kier alpha value is -3.85. The zero-order chi connectivity index (χ0) is 31.2. The Labute approximate surface area is 257 Å². The van der Waals surface area contributed by atoms with Gasteiger partial charge in [0, 0.05) is 32.5 Å². The molecule has 2 amide bonds. The summed E-state index contributed by atoms with van der Waals surface area (Å²) in [6, 6.07) is 23.9. The molecule has 1 atom stereocenters. The minimum absolute atomic E-state index is 0.0716. The normalized spacial score (nSPS) is 11.9. The minimum atomic E-state index is -3.65. The van der Waals surface area contributed by atoms with Gasteiger partial charge in [0.2, 0.25) is 21.8 Å². The van der Waals surface area contributed by atoms with Crippen LogP contribution < -0.4 is 14.4 Å². The van der Waals surface area contributed by atoms with Gasteiger partial charge in [0.05, 0.1) is 18.6 Å². The summed E-state index contributed by atoms with van der Waals surface area (Å²) in [5.41, 5.74) is 3.38.